The first-order valence-electron chi connectivity index (χ1n) is 6.32. The van der Waals surface area contributed by atoms with E-state index in [0.717, 1.165) is 32.7 Å². The van der Waals surface area contributed by atoms with Crippen LogP contribution in [0.5, 0.6) is 0 Å². The number of hydrogen-bond acceptors (Lipinski definition) is 3. The highest BCUT2D eigenvalue weighted by atomic mass is 79.9. The average molecular weight is 296 g/mol. The summed E-state index contributed by atoms with van der Waals surface area (Å²) in [6.45, 7) is 7.73. The first-order valence-corrected chi connectivity index (χ1v) is 7.11. The monoisotopic (exact) mass is 295 g/mol. The van der Waals surface area contributed by atoms with Crippen molar-refractivity contribution in [1.82, 2.24) is 5.32 Å². The predicted octanol–water partition coefficient (Wildman–Crippen LogP) is 2.07. The Balaban J connectivity index is 2.07. The Bertz CT molecular complexity index is 421. The van der Waals surface area contributed by atoms with Crippen molar-refractivity contribution in [1.29, 1.82) is 0 Å². The third-order valence-electron chi connectivity index (χ3n) is 3.75. The van der Waals surface area contributed by atoms with Crippen molar-refractivity contribution in [3.63, 3.8) is 0 Å². The van der Waals surface area contributed by atoms with E-state index in [1.807, 2.05) is 0 Å². The number of anilines is 2. The van der Waals surface area contributed by atoms with E-state index in [-0.39, 0.29) is 0 Å². The molecule has 1 atom stereocenters. The van der Waals surface area contributed by atoms with Gasteiger partial charge in [-0.3, -0.25) is 0 Å². The lowest BCUT2D eigenvalue weighted by Gasteiger charge is -2.47. The molecule has 0 aliphatic carbocycles. The fraction of sp³-hybridized carbons (Fsp3) is 0.538. The Labute approximate surface area is 111 Å². The van der Waals surface area contributed by atoms with E-state index in [2.05, 4.69) is 56.2 Å². The number of hydrogen-bond donors (Lipinski definition) is 1. The highest BCUT2D eigenvalue weighted by Gasteiger charge is 2.32. The zero-order chi connectivity index (χ0) is 11.8. The van der Waals surface area contributed by atoms with Crippen LogP contribution in [0.3, 0.4) is 0 Å². The van der Waals surface area contributed by atoms with Crippen LogP contribution in [0, 0.1) is 0 Å². The van der Waals surface area contributed by atoms with Crippen molar-refractivity contribution < 1.29 is 0 Å². The molecule has 1 aromatic carbocycles. The average Bonchev–Trinajstić information content (AvgIpc) is 2.38. The van der Waals surface area contributed by atoms with Crippen LogP contribution in [0.1, 0.15) is 6.92 Å². The third-order valence-corrected chi connectivity index (χ3v) is 4.39. The van der Waals surface area contributed by atoms with E-state index in [4.69, 9.17) is 0 Å². The van der Waals surface area contributed by atoms with Crippen LogP contribution in [0.25, 0.3) is 0 Å². The Hall–Kier alpha value is -0.740. The van der Waals surface area contributed by atoms with E-state index in [9.17, 15) is 0 Å². The van der Waals surface area contributed by atoms with Gasteiger partial charge >= 0.3 is 0 Å². The standard InChI is InChI=1S/C13H18BrN3/c1-2-16-9-10-8-15-6-7-17(10)12-5-3-4-11(14)13(12)16/h3-5,10,15H,2,6-9H2,1H3. The quantitative estimate of drug-likeness (QED) is 0.856. The highest BCUT2D eigenvalue weighted by Crippen LogP contribution is 2.40. The van der Waals surface area contributed by atoms with Crippen molar-refractivity contribution >= 4 is 27.3 Å². The molecule has 2 aliphatic heterocycles. The minimum atomic E-state index is 0.616. The molecular weight excluding hydrogens is 278 g/mol. The number of likely N-dealkylation sites (N-methyl/N-ethyl adjacent to an activating group) is 1. The Morgan fingerprint density at radius 1 is 1.47 bits per heavy atom. The lowest BCUT2D eigenvalue weighted by Crippen LogP contribution is -2.58. The lowest BCUT2D eigenvalue weighted by molar-refractivity contribution is 0.460. The second kappa shape index (κ2) is 4.50. The maximum absolute atomic E-state index is 3.70. The Morgan fingerprint density at radius 3 is 3.18 bits per heavy atom. The van der Waals surface area contributed by atoms with Gasteiger partial charge in [-0.1, -0.05) is 6.07 Å². The maximum Gasteiger partial charge on any atom is 0.0749 e. The number of nitrogens with zero attached hydrogens (tertiary/aromatic N) is 2. The second-order valence-corrected chi connectivity index (χ2v) is 5.55. The highest BCUT2D eigenvalue weighted by molar-refractivity contribution is 9.10. The van der Waals surface area contributed by atoms with E-state index in [1.54, 1.807) is 0 Å². The summed E-state index contributed by atoms with van der Waals surface area (Å²) in [6, 6.07) is 7.15. The lowest BCUT2D eigenvalue weighted by atomic mass is 10.0. The first kappa shape index (κ1) is 11.4. The van der Waals surface area contributed by atoms with Crippen LogP contribution >= 0.6 is 15.9 Å². The number of nitrogens with one attached hydrogen (secondary N) is 1. The molecule has 0 bridgehead atoms. The molecule has 1 unspecified atom stereocenters. The normalized spacial score (nSPS) is 23.3. The zero-order valence-corrected chi connectivity index (χ0v) is 11.7. The predicted molar refractivity (Wildman–Crippen MR) is 76.0 cm³/mol. The number of benzene rings is 1. The molecule has 2 aliphatic rings. The molecule has 0 spiro atoms. The molecule has 0 aromatic heterocycles. The second-order valence-electron chi connectivity index (χ2n) is 4.70. The van der Waals surface area contributed by atoms with Gasteiger partial charge in [0.15, 0.2) is 0 Å². The molecule has 0 saturated carbocycles. The van der Waals surface area contributed by atoms with Crippen molar-refractivity contribution in [2.24, 2.45) is 0 Å². The van der Waals surface area contributed by atoms with Gasteiger partial charge in [0.2, 0.25) is 0 Å². The minimum absolute atomic E-state index is 0.616. The number of halogens is 1. The van der Waals surface area contributed by atoms with Gasteiger partial charge in [-0.05, 0) is 35.0 Å². The van der Waals surface area contributed by atoms with Gasteiger partial charge < -0.3 is 15.1 Å². The van der Waals surface area contributed by atoms with Crippen LogP contribution in [-0.2, 0) is 0 Å². The van der Waals surface area contributed by atoms with Crippen molar-refractivity contribution in [3.8, 4) is 0 Å². The molecule has 1 aromatic rings. The largest absolute Gasteiger partial charge is 0.367 e. The van der Waals surface area contributed by atoms with Gasteiger partial charge in [-0.15, -0.1) is 0 Å². The summed E-state index contributed by atoms with van der Waals surface area (Å²) in [4.78, 5) is 5.04. The van der Waals surface area contributed by atoms with Crippen LogP contribution in [-0.4, -0.2) is 38.8 Å². The van der Waals surface area contributed by atoms with Crippen molar-refractivity contribution in [2.45, 2.75) is 13.0 Å². The molecule has 2 heterocycles. The van der Waals surface area contributed by atoms with E-state index in [0.29, 0.717) is 6.04 Å². The fourth-order valence-corrected chi connectivity index (χ4v) is 3.53. The van der Waals surface area contributed by atoms with Gasteiger partial charge in [0.1, 0.15) is 0 Å². The molecule has 92 valence electrons. The molecule has 0 amide bonds. The summed E-state index contributed by atoms with van der Waals surface area (Å²) in [6.07, 6.45) is 0. The maximum atomic E-state index is 3.70. The molecule has 4 heteroatoms. The molecular formula is C13H18BrN3. The fourth-order valence-electron chi connectivity index (χ4n) is 2.92. The van der Waals surface area contributed by atoms with Crippen LogP contribution in [0.2, 0.25) is 0 Å². The van der Waals surface area contributed by atoms with Gasteiger partial charge in [0.25, 0.3) is 0 Å². The summed E-state index contributed by atoms with van der Waals surface area (Å²) < 4.78 is 1.22. The summed E-state index contributed by atoms with van der Waals surface area (Å²) in [5, 5.41) is 3.49. The van der Waals surface area contributed by atoms with Crippen LogP contribution in [0.4, 0.5) is 11.4 Å². The summed E-state index contributed by atoms with van der Waals surface area (Å²) in [5.41, 5.74) is 2.76. The smallest absolute Gasteiger partial charge is 0.0749 e. The number of fused-ring (bicyclic) bond motifs is 3. The molecule has 1 N–H and O–H groups in total. The molecule has 1 fully saturated rings. The third kappa shape index (κ3) is 1.83. The molecule has 3 rings (SSSR count). The SMILES string of the molecule is CCN1CC2CNCCN2c2cccc(Br)c21. The van der Waals surface area contributed by atoms with Gasteiger partial charge in [-0.2, -0.15) is 0 Å². The summed E-state index contributed by atoms with van der Waals surface area (Å²) in [5.74, 6) is 0. The van der Waals surface area contributed by atoms with Crippen LogP contribution in [0.15, 0.2) is 22.7 Å². The number of rotatable bonds is 1. The summed E-state index contributed by atoms with van der Waals surface area (Å²) in [7, 11) is 0. The van der Waals surface area contributed by atoms with Crippen molar-refractivity contribution in [3.05, 3.63) is 22.7 Å². The summed E-state index contributed by atoms with van der Waals surface area (Å²) >= 11 is 3.70. The Morgan fingerprint density at radius 2 is 2.35 bits per heavy atom. The van der Waals surface area contributed by atoms with E-state index in [1.165, 1.54) is 15.8 Å². The van der Waals surface area contributed by atoms with E-state index < -0.39 is 0 Å². The van der Waals surface area contributed by atoms with Gasteiger partial charge in [0, 0.05) is 37.2 Å². The number of piperazine rings is 1. The van der Waals surface area contributed by atoms with Crippen LogP contribution < -0.4 is 15.1 Å². The molecule has 1 saturated heterocycles. The zero-order valence-electron chi connectivity index (χ0n) is 10.1. The topological polar surface area (TPSA) is 18.5 Å². The molecule has 0 radical (unpaired) electrons. The van der Waals surface area contributed by atoms with Gasteiger partial charge in [-0.25, -0.2) is 0 Å². The minimum Gasteiger partial charge on any atom is -0.367 e. The molecule has 3 nitrogen and oxygen atoms in total. The van der Waals surface area contributed by atoms with E-state index >= 15 is 0 Å². The number of para-hydroxylation sites is 1. The molecule has 17 heavy (non-hydrogen) atoms. The Kier molecular flexibility index (Phi) is 3.01. The van der Waals surface area contributed by atoms with Gasteiger partial charge in [0.05, 0.1) is 17.4 Å². The first-order chi connectivity index (χ1) is 8.31. The van der Waals surface area contributed by atoms with Crippen molar-refractivity contribution in [2.75, 3.05) is 42.5 Å².